The molecule has 0 aliphatic heterocycles. The van der Waals surface area contributed by atoms with Crippen molar-refractivity contribution in [1.82, 2.24) is 9.97 Å². The van der Waals surface area contributed by atoms with Crippen molar-refractivity contribution in [1.29, 1.82) is 0 Å². The summed E-state index contributed by atoms with van der Waals surface area (Å²) in [5.41, 5.74) is -0.294. The Labute approximate surface area is 99.4 Å². The van der Waals surface area contributed by atoms with Crippen molar-refractivity contribution in [3.05, 3.63) is 21.7 Å². The van der Waals surface area contributed by atoms with Crippen LogP contribution >= 0.6 is 11.6 Å². The lowest BCUT2D eigenvalue weighted by Gasteiger charge is -2.21. The fourth-order valence-electron chi connectivity index (χ4n) is 2.27. The fraction of sp³-hybridized carbons (Fsp3) is 0.636. The van der Waals surface area contributed by atoms with Crippen LogP contribution in [0.1, 0.15) is 32.6 Å². The van der Waals surface area contributed by atoms with Gasteiger partial charge in [0, 0.05) is 6.04 Å². The third-order valence-electron chi connectivity index (χ3n) is 3.27. The SMILES string of the molecule is CC(Nc1nc[nH]c(=O)c1Cl)C1CCCC1. The Morgan fingerprint density at radius 1 is 1.56 bits per heavy atom. The normalized spacial score (nSPS) is 18.6. The minimum atomic E-state index is -0.294. The van der Waals surface area contributed by atoms with Crippen molar-refractivity contribution in [2.45, 2.75) is 38.6 Å². The van der Waals surface area contributed by atoms with Crippen molar-refractivity contribution in [2.24, 2.45) is 5.92 Å². The van der Waals surface area contributed by atoms with Crippen LogP contribution in [-0.4, -0.2) is 16.0 Å². The summed E-state index contributed by atoms with van der Waals surface area (Å²) in [7, 11) is 0. The zero-order valence-electron chi connectivity index (χ0n) is 9.29. The smallest absolute Gasteiger partial charge is 0.271 e. The Kier molecular flexibility index (Phi) is 3.49. The number of aromatic amines is 1. The molecule has 1 aliphatic carbocycles. The van der Waals surface area contributed by atoms with Crippen LogP contribution in [0.4, 0.5) is 5.82 Å². The van der Waals surface area contributed by atoms with Crippen LogP contribution in [0.2, 0.25) is 5.02 Å². The van der Waals surface area contributed by atoms with E-state index in [2.05, 4.69) is 22.2 Å². The van der Waals surface area contributed by atoms with Crippen LogP contribution in [-0.2, 0) is 0 Å². The molecule has 1 aliphatic rings. The van der Waals surface area contributed by atoms with E-state index in [-0.39, 0.29) is 10.6 Å². The molecule has 0 aromatic carbocycles. The second-order valence-corrected chi connectivity index (χ2v) is 4.75. The van der Waals surface area contributed by atoms with Gasteiger partial charge >= 0.3 is 0 Å². The molecule has 16 heavy (non-hydrogen) atoms. The number of hydrogen-bond donors (Lipinski definition) is 2. The van der Waals surface area contributed by atoms with E-state index in [4.69, 9.17) is 11.6 Å². The predicted octanol–water partition coefficient (Wildman–Crippen LogP) is 2.41. The van der Waals surface area contributed by atoms with Crippen LogP contribution in [0.3, 0.4) is 0 Å². The zero-order valence-corrected chi connectivity index (χ0v) is 10.0. The quantitative estimate of drug-likeness (QED) is 0.855. The summed E-state index contributed by atoms with van der Waals surface area (Å²) in [6.45, 7) is 2.12. The first-order valence-electron chi connectivity index (χ1n) is 5.68. The lowest BCUT2D eigenvalue weighted by Crippen LogP contribution is -2.25. The van der Waals surface area contributed by atoms with Crippen LogP contribution in [0.5, 0.6) is 0 Å². The molecular weight excluding hydrogens is 226 g/mol. The number of nitrogens with one attached hydrogen (secondary N) is 2. The molecule has 88 valence electrons. The zero-order chi connectivity index (χ0) is 11.5. The van der Waals surface area contributed by atoms with Crippen LogP contribution in [0.15, 0.2) is 11.1 Å². The summed E-state index contributed by atoms with van der Waals surface area (Å²) in [5.74, 6) is 1.15. The molecule has 1 fully saturated rings. The van der Waals surface area contributed by atoms with Gasteiger partial charge in [0.1, 0.15) is 5.02 Å². The molecule has 2 N–H and O–H groups in total. The van der Waals surface area contributed by atoms with Crippen molar-refractivity contribution < 1.29 is 0 Å². The van der Waals surface area contributed by atoms with Crippen molar-refractivity contribution in [3.63, 3.8) is 0 Å². The van der Waals surface area contributed by atoms with Crippen LogP contribution < -0.4 is 10.9 Å². The van der Waals surface area contributed by atoms with E-state index in [9.17, 15) is 4.79 Å². The number of hydrogen-bond acceptors (Lipinski definition) is 3. The number of H-pyrrole nitrogens is 1. The Hall–Kier alpha value is -1.03. The Balaban J connectivity index is 2.08. The van der Waals surface area contributed by atoms with Gasteiger partial charge in [0.2, 0.25) is 0 Å². The minimum absolute atomic E-state index is 0.146. The molecule has 0 saturated heterocycles. The third kappa shape index (κ3) is 2.38. The molecule has 2 rings (SSSR count). The topological polar surface area (TPSA) is 57.8 Å². The van der Waals surface area contributed by atoms with Gasteiger partial charge in [0.15, 0.2) is 5.82 Å². The molecule has 1 atom stereocenters. The standard InChI is InChI=1S/C11H16ClN3O/c1-7(8-4-2-3-5-8)15-10-9(12)11(16)14-6-13-10/h6-8H,2-5H2,1H3,(H2,13,14,15,16). The molecule has 1 saturated carbocycles. The number of anilines is 1. The summed E-state index contributed by atoms with van der Waals surface area (Å²) in [6, 6.07) is 0.314. The summed E-state index contributed by atoms with van der Waals surface area (Å²) >= 11 is 5.88. The Morgan fingerprint density at radius 2 is 2.25 bits per heavy atom. The second-order valence-electron chi connectivity index (χ2n) is 4.37. The van der Waals surface area contributed by atoms with E-state index in [0.29, 0.717) is 17.8 Å². The van der Waals surface area contributed by atoms with Crippen molar-refractivity contribution >= 4 is 17.4 Å². The lowest BCUT2D eigenvalue weighted by atomic mass is 10.00. The van der Waals surface area contributed by atoms with Gasteiger partial charge in [-0.1, -0.05) is 24.4 Å². The molecule has 0 amide bonds. The van der Waals surface area contributed by atoms with Crippen LogP contribution in [0, 0.1) is 5.92 Å². The van der Waals surface area contributed by atoms with Gasteiger partial charge in [0.25, 0.3) is 5.56 Å². The van der Waals surface area contributed by atoms with Gasteiger partial charge in [-0.15, -0.1) is 0 Å². The predicted molar refractivity (Wildman–Crippen MR) is 64.9 cm³/mol. The molecule has 0 bridgehead atoms. The molecule has 1 aromatic heterocycles. The summed E-state index contributed by atoms with van der Waals surface area (Å²) in [6.07, 6.45) is 6.46. The molecule has 1 aromatic rings. The maximum atomic E-state index is 11.3. The average Bonchev–Trinajstić information content (AvgIpc) is 2.78. The lowest BCUT2D eigenvalue weighted by molar-refractivity contribution is 0.481. The van der Waals surface area contributed by atoms with Crippen molar-refractivity contribution in [3.8, 4) is 0 Å². The highest BCUT2D eigenvalue weighted by Crippen LogP contribution is 2.29. The van der Waals surface area contributed by atoms with Gasteiger partial charge in [-0.2, -0.15) is 0 Å². The fourth-order valence-corrected chi connectivity index (χ4v) is 2.43. The van der Waals surface area contributed by atoms with Gasteiger partial charge in [-0.05, 0) is 25.7 Å². The van der Waals surface area contributed by atoms with E-state index >= 15 is 0 Å². The maximum Gasteiger partial charge on any atom is 0.271 e. The molecule has 5 heteroatoms. The first-order valence-corrected chi connectivity index (χ1v) is 6.06. The highest BCUT2D eigenvalue weighted by Gasteiger charge is 2.22. The number of rotatable bonds is 3. The number of aromatic nitrogens is 2. The number of nitrogens with zero attached hydrogens (tertiary/aromatic N) is 1. The molecular formula is C11H16ClN3O. The molecule has 4 nitrogen and oxygen atoms in total. The maximum absolute atomic E-state index is 11.3. The first kappa shape index (κ1) is 11.5. The molecule has 0 spiro atoms. The van der Waals surface area contributed by atoms with Crippen molar-refractivity contribution in [2.75, 3.05) is 5.32 Å². The number of halogens is 1. The van der Waals surface area contributed by atoms with Gasteiger partial charge in [-0.25, -0.2) is 4.98 Å². The highest BCUT2D eigenvalue weighted by atomic mass is 35.5. The Bertz CT molecular complexity index is 412. The van der Waals surface area contributed by atoms with E-state index in [1.54, 1.807) is 0 Å². The molecule has 0 radical (unpaired) electrons. The summed E-state index contributed by atoms with van der Waals surface area (Å²) in [4.78, 5) is 17.8. The van der Waals surface area contributed by atoms with E-state index in [1.807, 2.05) is 0 Å². The minimum Gasteiger partial charge on any atom is -0.366 e. The van der Waals surface area contributed by atoms with Gasteiger partial charge in [-0.3, -0.25) is 4.79 Å². The Morgan fingerprint density at radius 3 is 2.94 bits per heavy atom. The first-order chi connectivity index (χ1) is 7.68. The molecule has 1 heterocycles. The van der Waals surface area contributed by atoms with Gasteiger partial charge in [0.05, 0.1) is 6.33 Å². The van der Waals surface area contributed by atoms with E-state index < -0.39 is 0 Å². The van der Waals surface area contributed by atoms with Crippen LogP contribution in [0.25, 0.3) is 0 Å². The average molecular weight is 242 g/mol. The monoisotopic (exact) mass is 241 g/mol. The van der Waals surface area contributed by atoms with E-state index in [1.165, 1.54) is 32.0 Å². The third-order valence-corrected chi connectivity index (χ3v) is 3.62. The highest BCUT2D eigenvalue weighted by molar-refractivity contribution is 6.32. The summed E-state index contributed by atoms with van der Waals surface area (Å²) < 4.78 is 0. The van der Waals surface area contributed by atoms with Gasteiger partial charge < -0.3 is 10.3 Å². The molecule has 1 unspecified atom stereocenters. The van der Waals surface area contributed by atoms with E-state index in [0.717, 1.165) is 0 Å². The summed E-state index contributed by atoms with van der Waals surface area (Å²) in [5, 5.41) is 3.38. The largest absolute Gasteiger partial charge is 0.366 e. The second kappa shape index (κ2) is 4.87.